The first-order valence-electron chi connectivity index (χ1n) is 12.3. The number of nitrogens with zero attached hydrogens (tertiary/aromatic N) is 2. The van der Waals surface area contributed by atoms with Crippen LogP contribution in [-0.2, 0) is 24.3 Å². The Kier molecular flexibility index (Phi) is 8.02. The highest BCUT2D eigenvalue weighted by Gasteiger charge is 2.26. The minimum absolute atomic E-state index is 0.194. The molecule has 9 heteroatoms. The highest BCUT2D eigenvalue weighted by Crippen LogP contribution is 2.26. The zero-order chi connectivity index (χ0) is 26.6. The maximum absolute atomic E-state index is 13.2. The van der Waals surface area contributed by atoms with Crippen LogP contribution in [-0.4, -0.2) is 58.5 Å². The second-order valence-electron chi connectivity index (χ2n) is 9.67. The second-order valence-corrected chi connectivity index (χ2v) is 11.6. The van der Waals surface area contributed by atoms with E-state index >= 15 is 0 Å². The fraction of sp³-hybridized carbons (Fsp3) is 0.357. The van der Waals surface area contributed by atoms with Crippen molar-refractivity contribution in [2.24, 2.45) is 11.8 Å². The molecule has 0 aromatic heterocycles. The van der Waals surface area contributed by atoms with Gasteiger partial charge in [0.2, 0.25) is 0 Å². The molecule has 2 atom stereocenters. The maximum Gasteiger partial charge on any atom is 0.344 e. The third kappa shape index (κ3) is 6.40. The average molecular weight is 525 g/mol. The lowest BCUT2D eigenvalue weighted by Crippen LogP contribution is -2.44. The van der Waals surface area contributed by atoms with Gasteiger partial charge < -0.3 is 14.4 Å². The number of fused-ring (bicyclic) bond motifs is 1. The Morgan fingerprint density at radius 3 is 2.24 bits per heavy atom. The highest BCUT2D eigenvalue weighted by atomic mass is 32.2. The van der Waals surface area contributed by atoms with Gasteiger partial charge in [-0.2, -0.15) is 0 Å². The smallest absolute Gasteiger partial charge is 0.344 e. The summed E-state index contributed by atoms with van der Waals surface area (Å²) in [5, 5.41) is 1.80. The summed E-state index contributed by atoms with van der Waals surface area (Å²) in [7, 11) is -2.29. The zero-order valence-corrected chi connectivity index (χ0v) is 22.1. The van der Waals surface area contributed by atoms with Crippen molar-refractivity contribution in [1.82, 2.24) is 4.90 Å². The van der Waals surface area contributed by atoms with Crippen molar-refractivity contribution in [3.63, 3.8) is 0 Å². The fourth-order valence-corrected chi connectivity index (χ4v) is 5.89. The van der Waals surface area contributed by atoms with Crippen molar-refractivity contribution in [3.8, 4) is 5.75 Å². The molecule has 0 saturated carbocycles. The van der Waals surface area contributed by atoms with Gasteiger partial charge in [0.05, 0.1) is 10.6 Å². The summed E-state index contributed by atoms with van der Waals surface area (Å²) in [5.41, 5.74) is 0.443. The Balaban J connectivity index is 1.30. The molecule has 1 saturated heterocycles. The highest BCUT2D eigenvalue weighted by molar-refractivity contribution is 7.92. The molecule has 0 aliphatic carbocycles. The summed E-state index contributed by atoms with van der Waals surface area (Å²) in [6.45, 7) is 4.90. The van der Waals surface area contributed by atoms with Gasteiger partial charge in [0.25, 0.3) is 15.9 Å². The molecular formula is C28H32N2O6S. The van der Waals surface area contributed by atoms with Gasteiger partial charge in [0.15, 0.2) is 13.2 Å². The quantitative estimate of drug-likeness (QED) is 0.412. The molecule has 2 unspecified atom stereocenters. The number of carbonyl (C=O) groups is 2. The van der Waals surface area contributed by atoms with Crippen LogP contribution in [0.1, 0.15) is 20.3 Å². The maximum atomic E-state index is 13.2. The zero-order valence-electron chi connectivity index (χ0n) is 21.3. The molecule has 0 radical (unpaired) electrons. The minimum Gasteiger partial charge on any atom is -0.482 e. The Bertz CT molecular complexity index is 1360. The Morgan fingerprint density at radius 1 is 0.919 bits per heavy atom. The van der Waals surface area contributed by atoms with Crippen LogP contribution in [0.2, 0.25) is 0 Å². The Hall–Kier alpha value is -3.59. The van der Waals surface area contributed by atoms with E-state index in [1.165, 1.54) is 11.4 Å². The molecule has 0 N–H and O–H groups in total. The molecule has 8 nitrogen and oxygen atoms in total. The number of rotatable bonds is 8. The second kappa shape index (κ2) is 11.2. The number of benzene rings is 3. The SMILES string of the molecule is CC1CC(C)CN(C(=O)COC(=O)COc2ccc(N(C)S(=O)(=O)c3ccc4ccccc4c3)cc2)C1. The van der Waals surface area contributed by atoms with E-state index in [-0.39, 0.29) is 24.0 Å². The van der Waals surface area contributed by atoms with Gasteiger partial charge in [0, 0.05) is 20.1 Å². The molecule has 3 aromatic carbocycles. The molecule has 0 spiro atoms. The van der Waals surface area contributed by atoms with E-state index in [1.807, 2.05) is 24.3 Å². The van der Waals surface area contributed by atoms with Crippen molar-refractivity contribution in [2.45, 2.75) is 25.2 Å². The fourth-order valence-electron chi connectivity index (χ4n) is 4.66. The molecule has 1 aliphatic rings. The van der Waals surface area contributed by atoms with Crippen LogP contribution in [0.5, 0.6) is 5.75 Å². The van der Waals surface area contributed by atoms with E-state index in [2.05, 4.69) is 13.8 Å². The van der Waals surface area contributed by atoms with Gasteiger partial charge in [0.1, 0.15) is 5.75 Å². The molecule has 4 rings (SSSR count). The van der Waals surface area contributed by atoms with E-state index in [4.69, 9.17) is 9.47 Å². The van der Waals surface area contributed by atoms with Crippen LogP contribution in [0.3, 0.4) is 0 Å². The van der Waals surface area contributed by atoms with Gasteiger partial charge in [-0.1, -0.05) is 44.2 Å². The van der Waals surface area contributed by atoms with Crippen molar-refractivity contribution >= 4 is 38.4 Å². The van der Waals surface area contributed by atoms with Crippen LogP contribution >= 0.6 is 0 Å². The van der Waals surface area contributed by atoms with Gasteiger partial charge in [-0.25, -0.2) is 13.2 Å². The Labute approximate surface area is 217 Å². The summed E-state index contributed by atoms with van der Waals surface area (Å²) >= 11 is 0. The number of esters is 1. The van der Waals surface area contributed by atoms with Crippen LogP contribution < -0.4 is 9.04 Å². The predicted molar refractivity (Wildman–Crippen MR) is 142 cm³/mol. The third-order valence-corrected chi connectivity index (χ3v) is 8.30. The molecule has 1 fully saturated rings. The number of sulfonamides is 1. The topological polar surface area (TPSA) is 93.2 Å². The van der Waals surface area contributed by atoms with E-state index < -0.39 is 16.0 Å². The van der Waals surface area contributed by atoms with Gasteiger partial charge in [-0.15, -0.1) is 0 Å². The number of carbonyl (C=O) groups excluding carboxylic acids is 2. The van der Waals surface area contributed by atoms with E-state index in [0.29, 0.717) is 36.4 Å². The predicted octanol–water partition coefficient (Wildman–Crippen LogP) is 4.09. The van der Waals surface area contributed by atoms with Gasteiger partial charge in [-0.05, 0) is 65.4 Å². The van der Waals surface area contributed by atoms with Crippen LogP contribution in [0, 0.1) is 11.8 Å². The first-order chi connectivity index (χ1) is 17.6. The van der Waals surface area contributed by atoms with E-state index in [1.54, 1.807) is 47.4 Å². The van der Waals surface area contributed by atoms with Crippen molar-refractivity contribution < 1.29 is 27.5 Å². The number of piperidine rings is 1. The summed E-state index contributed by atoms with van der Waals surface area (Å²) in [4.78, 5) is 26.4. The molecule has 1 amide bonds. The normalized spacial score (nSPS) is 17.9. The van der Waals surface area contributed by atoms with Crippen molar-refractivity contribution in [3.05, 3.63) is 66.7 Å². The van der Waals surface area contributed by atoms with Gasteiger partial charge in [-0.3, -0.25) is 9.10 Å². The largest absolute Gasteiger partial charge is 0.482 e. The van der Waals surface area contributed by atoms with Gasteiger partial charge >= 0.3 is 5.97 Å². The number of ether oxygens (including phenoxy) is 2. The monoisotopic (exact) mass is 524 g/mol. The number of anilines is 1. The molecule has 0 bridgehead atoms. The third-order valence-electron chi connectivity index (χ3n) is 6.51. The minimum atomic E-state index is -3.77. The molecule has 196 valence electrons. The number of hydrogen-bond donors (Lipinski definition) is 0. The first-order valence-corrected chi connectivity index (χ1v) is 13.7. The number of hydrogen-bond acceptors (Lipinski definition) is 6. The standard InChI is InChI=1S/C28H32N2O6S/c1-20-14-21(2)17-30(16-20)27(31)18-36-28(32)19-35-25-11-9-24(10-12-25)29(3)37(33,34)26-13-8-22-6-4-5-7-23(22)15-26/h4-13,15,20-21H,14,16-19H2,1-3H3. The molecule has 3 aromatic rings. The molecule has 37 heavy (non-hydrogen) atoms. The van der Waals surface area contributed by atoms with Crippen LogP contribution in [0.25, 0.3) is 10.8 Å². The van der Waals surface area contributed by atoms with Crippen molar-refractivity contribution in [2.75, 3.05) is 37.7 Å². The average Bonchev–Trinajstić information content (AvgIpc) is 2.89. The first kappa shape index (κ1) is 26.5. The summed E-state index contributed by atoms with van der Waals surface area (Å²) in [6.07, 6.45) is 1.08. The van der Waals surface area contributed by atoms with E-state index in [9.17, 15) is 18.0 Å². The summed E-state index contributed by atoms with van der Waals surface area (Å²) in [6, 6.07) is 19.0. The number of likely N-dealkylation sites (tertiary alicyclic amines) is 1. The Morgan fingerprint density at radius 2 is 1.57 bits per heavy atom. The van der Waals surface area contributed by atoms with Crippen molar-refractivity contribution in [1.29, 1.82) is 0 Å². The lowest BCUT2D eigenvalue weighted by Gasteiger charge is -2.34. The summed E-state index contributed by atoms with van der Waals surface area (Å²) < 4.78 is 38.1. The molecular weight excluding hydrogens is 492 g/mol. The lowest BCUT2D eigenvalue weighted by molar-refractivity contribution is -0.154. The van der Waals surface area contributed by atoms with E-state index in [0.717, 1.165) is 17.2 Å². The molecule has 1 heterocycles. The summed E-state index contributed by atoms with van der Waals surface area (Å²) in [5.74, 6) is 0.383. The van der Waals surface area contributed by atoms with Crippen LogP contribution in [0.15, 0.2) is 71.6 Å². The number of amides is 1. The molecule has 1 aliphatic heterocycles. The van der Waals surface area contributed by atoms with Crippen LogP contribution in [0.4, 0.5) is 5.69 Å². The lowest BCUT2D eigenvalue weighted by atomic mass is 9.92.